The van der Waals surface area contributed by atoms with Gasteiger partial charge in [0.05, 0.1) is 18.4 Å². The van der Waals surface area contributed by atoms with Crippen LogP contribution in [0.4, 0.5) is 10.1 Å². The highest BCUT2D eigenvalue weighted by atomic mass is 19.1. The van der Waals surface area contributed by atoms with E-state index in [1.807, 2.05) is 0 Å². The van der Waals surface area contributed by atoms with E-state index in [0.29, 0.717) is 5.56 Å². The van der Waals surface area contributed by atoms with E-state index < -0.39 is 11.7 Å². The lowest BCUT2D eigenvalue weighted by atomic mass is 10.1. The Bertz CT molecular complexity index is 393. The molecule has 1 rings (SSSR count). The SMILES string of the molecule is CON(C)C(=O)c1cc(C)cc(F)c1N. The highest BCUT2D eigenvalue weighted by Gasteiger charge is 2.17. The van der Waals surface area contributed by atoms with Crippen LogP contribution in [0.25, 0.3) is 0 Å². The van der Waals surface area contributed by atoms with Crippen LogP contribution in [0.3, 0.4) is 0 Å². The summed E-state index contributed by atoms with van der Waals surface area (Å²) >= 11 is 0. The molecule has 0 aromatic heterocycles. The van der Waals surface area contributed by atoms with E-state index in [-0.39, 0.29) is 11.3 Å². The molecule has 0 aliphatic carbocycles. The van der Waals surface area contributed by atoms with Crippen LogP contribution in [0.5, 0.6) is 0 Å². The number of nitrogen functional groups attached to an aromatic ring is 1. The summed E-state index contributed by atoms with van der Waals surface area (Å²) in [6, 6.07) is 2.80. The lowest BCUT2D eigenvalue weighted by Crippen LogP contribution is -2.26. The third-order valence-electron chi connectivity index (χ3n) is 2.06. The van der Waals surface area contributed by atoms with Crippen molar-refractivity contribution >= 4 is 11.6 Å². The summed E-state index contributed by atoms with van der Waals surface area (Å²) in [5, 5.41) is 0.991. The van der Waals surface area contributed by atoms with Crippen molar-refractivity contribution in [3.8, 4) is 0 Å². The summed E-state index contributed by atoms with van der Waals surface area (Å²) in [5.41, 5.74) is 6.05. The highest BCUT2D eigenvalue weighted by Crippen LogP contribution is 2.19. The quantitative estimate of drug-likeness (QED) is 0.594. The molecule has 2 N–H and O–H groups in total. The maximum absolute atomic E-state index is 13.2. The molecular formula is C10H13FN2O2. The summed E-state index contributed by atoms with van der Waals surface area (Å²) in [7, 11) is 2.78. The summed E-state index contributed by atoms with van der Waals surface area (Å²) in [6.07, 6.45) is 0. The van der Waals surface area contributed by atoms with E-state index in [1.165, 1.54) is 26.3 Å². The van der Waals surface area contributed by atoms with Crippen molar-refractivity contribution in [2.75, 3.05) is 19.9 Å². The number of halogens is 1. The molecule has 15 heavy (non-hydrogen) atoms. The van der Waals surface area contributed by atoms with E-state index in [0.717, 1.165) is 5.06 Å². The van der Waals surface area contributed by atoms with Crippen molar-refractivity contribution in [2.45, 2.75) is 6.92 Å². The molecule has 82 valence electrons. The van der Waals surface area contributed by atoms with Crippen LogP contribution >= 0.6 is 0 Å². The molecule has 0 radical (unpaired) electrons. The Balaban J connectivity index is 3.19. The summed E-state index contributed by atoms with van der Waals surface area (Å²) in [5.74, 6) is -1.07. The standard InChI is InChI=1S/C10H13FN2O2/c1-6-4-7(9(12)8(11)5-6)10(14)13(2)15-3/h4-5H,12H2,1-3H3. The van der Waals surface area contributed by atoms with Gasteiger partial charge < -0.3 is 5.73 Å². The van der Waals surface area contributed by atoms with Crippen LogP contribution in [0.2, 0.25) is 0 Å². The first-order valence-electron chi connectivity index (χ1n) is 4.35. The molecule has 0 aliphatic heterocycles. The highest BCUT2D eigenvalue weighted by molar-refractivity contribution is 5.98. The van der Waals surface area contributed by atoms with E-state index in [1.54, 1.807) is 6.92 Å². The van der Waals surface area contributed by atoms with Crippen molar-refractivity contribution in [2.24, 2.45) is 0 Å². The van der Waals surface area contributed by atoms with Crippen LogP contribution in [-0.2, 0) is 4.84 Å². The van der Waals surface area contributed by atoms with Gasteiger partial charge in [0.2, 0.25) is 0 Å². The maximum Gasteiger partial charge on any atom is 0.279 e. The van der Waals surface area contributed by atoms with Gasteiger partial charge in [-0.25, -0.2) is 9.45 Å². The fourth-order valence-corrected chi connectivity index (χ4v) is 1.18. The van der Waals surface area contributed by atoms with Gasteiger partial charge in [-0.05, 0) is 24.6 Å². The molecule has 0 fully saturated rings. The van der Waals surface area contributed by atoms with E-state index in [2.05, 4.69) is 0 Å². The molecule has 0 spiro atoms. The Morgan fingerprint density at radius 3 is 2.67 bits per heavy atom. The molecule has 1 aromatic rings. The largest absolute Gasteiger partial charge is 0.396 e. The summed E-state index contributed by atoms with van der Waals surface area (Å²) in [6.45, 7) is 1.69. The fourth-order valence-electron chi connectivity index (χ4n) is 1.18. The topological polar surface area (TPSA) is 55.6 Å². The van der Waals surface area contributed by atoms with Crippen molar-refractivity contribution in [1.82, 2.24) is 5.06 Å². The first-order chi connectivity index (χ1) is 6.97. The Hall–Kier alpha value is -1.62. The second kappa shape index (κ2) is 4.27. The summed E-state index contributed by atoms with van der Waals surface area (Å²) < 4.78 is 13.2. The number of hydrogen-bond donors (Lipinski definition) is 1. The number of aryl methyl sites for hydroxylation is 1. The smallest absolute Gasteiger partial charge is 0.279 e. The Morgan fingerprint density at radius 2 is 2.13 bits per heavy atom. The van der Waals surface area contributed by atoms with Gasteiger partial charge in [0.15, 0.2) is 0 Å². The van der Waals surface area contributed by atoms with Crippen LogP contribution in [0.1, 0.15) is 15.9 Å². The Kier molecular flexibility index (Phi) is 3.26. The molecular weight excluding hydrogens is 199 g/mol. The van der Waals surface area contributed by atoms with Crippen molar-refractivity contribution < 1.29 is 14.0 Å². The number of carbonyl (C=O) groups excluding carboxylic acids is 1. The normalized spacial score (nSPS) is 10.1. The van der Waals surface area contributed by atoms with Gasteiger partial charge in [-0.15, -0.1) is 0 Å². The number of hydrogen-bond acceptors (Lipinski definition) is 3. The molecule has 0 atom stereocenters. The van der Waals surface area contributed by atoms with Crippen molar-refractivity contribution in [3.63, 3.8) is 0 Å². The van der Waals surface area contributed by atoms with Crippen LogP contribution in [0, 0.1) is 12.7 Å². The third kappa shape index (κ3) is 2.24. The zero-order chi connectivity index (χ0) is 11.6. The number of rotatable bonds is 2. The predicted octanol–water partition coefficient (Wildman–Crippen LogP) is 1.35. The van der Waals surface area contributed by atoms with Gasteiger partial charge in [-0.1, -0.05) is 0 Å². The fraction of sp³-hybridized carbons (Fsp3) is 0.300. The molecule has 0 saturated heterocycles. The Labute approximate surface area is 87.4 Å². The van der Waals surface area contributed by atoms with Crippen molar-refractivity contribution in [1.29, 1.82) is 0 Å². The second-order valence-corrected chi connectivity index (χ2v) is 3.19. The van der Waals surface area contributed by atoms with E-state index in [4.69, 9.17) is 10.6 Å². The Morgan fingerprint density at radius 1 is 1.53 bits per heavy atom. The molecule has 1 amide bonds. The molecule has 0 unspecified atom stereocenters. The second-order valence-electron chi connectivity index (χ2n) is 3.19. The number of hydroxylamine groups is 2. The van der Waals surface area contributed by atoms with Crippen LogP contribution in [-0.4, -0.2) is 25.1 Å². The minimum absolute atomic E-state index is 0.108. The minimum atomic E-state index is -0.595. The zero-order valence-electron chi connectivity index (χ0n) is 8.87. The number of amides is 1. The average Bonchev–Trinajstić information content (AvgIpc) is 2.21. The lowest BCUT2D eigenvalue weighted by Gasteiger charge is -2.15. The molecule has 1 aromatic carbocycles. The first kappa shape index (κ1) is 11.5. The number of carbonyl (C=O) groups is 1. The number of nitrogens with two attached hydrogens (primary N) is 1. The first-order valence-corrected chi connectivity index (χ1v) is 4.35. The van der Waals surface area contributed by atoms with E-state index in [9.17, 15) is 9.18 Å². The monoisotopic (exact) mass is 212 g/mol. The molecule has 0 heterocycles. The van der Waals surface area contributed by atoms with E-state index >= 15 is 0 Å². The molecule has 0 saturated carbocycles. The van der Waals surface area contributed by atoms with Crippen LogP contribution in [0.15, 0.2) is 12.1 Å². The van der Waals surface area contributed by atoms with Gasteiger partial charge in [0.1, 0.15) is 5.82 Å². The van der Waals surface area contributed by atoms with Gasteiger partial charge in [-0.2, -0.15) is 0 Å². The number of nitrogens with zero attached hydrogens (tertiary/aromatic N) is 1. The van der Waals surface area contributed by atoms with Gasteiger partial charge in [-0.3, -0.25) is 9.63 Å². The van der Waals surface area contributed by atoms with Gasteiger partial charge in [0.25, 0.3) is 5.91 Å². The minimum Gasteiger partial charge on any atom is -0.396 e. The van der Waals surface area contributed by atoms with Gasteiger partial charge >= 0.3 is 0 Å². The number of benzene rings is 1. The predicted molar refractivity (Wildman–Crippen MR) is 54.7 cm³/mol. The molecule has 5 heteroatoms. The van der Waals surface area contributed by atoms with Crippen molar-refractivity contribution in [3.05, 3.63) is 29.1 Å². The molecule has 0 bridgehead atoms. The lowest BCUT2D eigenvalue weighted by molar-refractivity contribution is -0.0756. The molecule has 4 nitrogen and oxygen atoms in total. The maximum atomic E-state index is 13.2. The zero-order valence-corrected chi connectivity index (χ0v) is 8.87. The average molecular weight is 212 g/mol. The number of anilines is 1. The van der Waals surface area contributed by atoms with Gasteiger partial charge in [0, 0.05) is 7.05 Å². The third-order valence-corrected chi connectivity index (χ3v) is 2.06. The summed E-state index contributed by atoms with van der Waals surface area (Å²) in [4.78, 5) is 16.4. The van der Waals surface area contributed by atoms with Crippen LogP contribution < -0.4 is 5.73 Å². The molecule has 0 aliphatic rings.